The van der Waals surface area contributed by atoms with E-state index in [1.54, 1.807) is 6.92 Å². The van der Waals surface area contributed by atoms with Crippen molar-refractivity contribution in [2.75, 3.05) is 36.5 Å². The Balaban J connectivity index is 1.71. The number of carbonyl (C=O) groups is 3. The number of likely N-dealkylation sites (tertiary alicyclic amines) is 1. The summed E-state index contributed by atoms with van der Waals surface area (Å²) >= 11 is 0. The summed E-state index contributed by atoms with van der Waals surface area (Å²) in [4.78, 5) is 44.8. The molecule has 2 bridgehead atoms. The molecule has 1 aromatic rings. The van der Waals surface area contributed by atoms with Crippen LogP contribution in [0, 0.1) is 11.8 Å². The number of carbonyl (C=O) groups excluding carboxylic acids is 3. The molecule has 3 fully saturated rings. The lowest BCUT2D eigenvalue weighted by atomic mass is 9.65. The molecule has 2 unspecified atom stereocenters. The molecule has 2 amide bonds. The molecule has 37 heavy (non-hydrogen) atoms. The molecule has 9 heteroatoms. The van der Waals surface area contributed by atoms with Crippen LogP contribution in [0.4, 0.5) is 11.4 Å². The average molecular weight is 516 g/mol. The normalized spacial score (nSPS) is 30.8. The van der Waals surface area contributed by atoms with Gasteiger partial charge in [-0.2, -0.15) is 0 Å². The molecule has 1 spiro atoms. The molecule has 204 valence electrons. The Hall–Kier alpha value is -2.65. The van der Waals surface area contributed by atoms with Crippen molar-refractivity contribution in [2.24, 2.45) is 11.8 Å². The van der Waals surface area contributed by atoms with Crippen molar-refractivity contribution in [1.82, 2.24) is 4.90 Å². The van der Waals surface area contributed by atoms with Gasteiger partial charge in [0.15, 0.2) is 0 Å². The lowest BCUT2D eigenvalue weighted by molar-refractivity contribution is -0.161. The van der Waals surface area contributed by atoms with Crippen LogP contribution < -0.4 is 10.2 Å². The summed E-state index contributed by atoms with van der Waals surface area (Å²) in [5.74, 6) is -2.72. The van der Waals surface area contributed by atoms with E-state index in [0.717, 1.165) is 18.8 Å². The first kappa shape index (κ1) is 27.4. The fourth-order valence-corrected chi connectivity index (χ4v) is 6.91. The first-order chi connectivity index (χ1) is 17.8. The average Bonchev–Trinajstić information content (AvgIpc) is 3.50. The number of rotatable bonds is 11. The topological polar surface area (TPSA) is 108 Å². The van der Waals surface area contributed by atoms with E-state index in [0.29, 0.717) is 31.4 Å². The van der Waals surface area contributed by atoms with Crippen molar-refractivity contribution in [1.29, 1.82) is 0 Å². The zero-order valence-electron chi connectivity index (χ0n) is 22.7. The van der Waals surface area contributed by atoms with E-state index < -0.39 is 41.1 Å². The van der Waals surface area contributed by atoms with Crippen LogP contribution in [0.3, 0.4) is 0 Å². The summed E-state index contributed by atoms with van der Waals surface area (Å²) in [5.41, 5.74) is -0.294. The smallest absolute Gasteiger partial charge is 0.312 e. The summed E-state index contributed by atoms with van der Waals surface area (Å²) < 4.78 is 12.1. The number of benzene rings is 1. The first-order valence-corrected chi connectivity index (χ1v) is 13.7. The Morgan fingerprint density at radius 3 is 2.38 bits per heavy atom. The largest absolute Gasteiger partial charge is 0.466 e. The van der Waals surface area contributed by atoms with E-state index in [-0.39, 0.29) is 25.0 Å². The van der Waals surface area contributed by atoms with Crippen LogP contribution in [0.15, 0.2) is 24.3 Å². The highest BCUT2D eigenvalue weighted by Gasteiger charge is 2.79. The number of esters is 1. The molecule has 2 N–H and O–H groups in total. The van der Waals surface area contributed by atoms with Gasteiger partial charge in [-0.1, -0.05) is 13.8 Å². The van der Waals surface area contributed by atoms with Gasteiger partial charge >= 0.3 is 5.97 Å². The minimum absolute atomic E-state index is 0.203. The molecule has 3 heterocycles. The zero-order chi connectivity index (χ0) is 27.0. The van der Waals surface area contributed by atoms with Crippen molar-refractivity contribution in [3.8, 4) is 0 Å². The SMILES string of the molecule is CCOC(=O)[C@H]1[C@H]2C(=O)N([C@@H](CC)CO)C(C(=O)Nc3ccc(N(CC)CC)cc3)C23CC[C@]1(CC)O3. The van der Waals surface area contributed by atoms with Crippen LogP contribution in [-0.2, 0) is 23.9 Å². The fourth-order valence-electron chi connectivity index (χ4n) is 6.91. The summed E-state index contributed by atoms with van der Waals surface area (Å²) in [5, 5.41) is 13.1. The maximum Gasteiger partial charge on any atom is 0.312 e. The molecule has 9 nitrogen and oxygen atoms in total. The third-order valence-corrected chi connectivity index (χ3v) is 8.75. The predicted molar refractivity (Wildman–Crippen MR) is 140 cm³/mol. The number of nitrogens with zero attached hydrogens (tertiary/aromatic N) is 2. The third kappa shape index (κ3) is 4.20. The molecule has 6 atom stereocenters. The summed E-state index contributed by atoms with van der Waals surface area (Å²) in [6, 6.07) is 6.11. The number of amides is 2. The van der Waals surface area contributed by atoms with Gasteiger partial charge in [0.2, 0.25) is 11.8 Å². The molecule has 3 aliphatic rings. The van der Waals surface area contributed by atoms with E-state index in [9.17, 15) is 19.5 Å². The van der Waals surface area contributed by atoms with E-state index >= 15 is 0 Å². The highest BCUT2D eigenvalue weighted by Crippen LogP contribution is 2.64. The van der Waals surface area contributed by atoms with Gasteiger partial charge in [0, 0.05) is 24.5 Å². The van der Waals surface area contributed by atoms with E-state index in [4.69, 9.17) is 9.47 Å². The predicted octanol–water partition coefficient (Wildman–Crippen LogP) is 2.96. The molecule has 0 radical (unpaired) electrons. The second-order valence-corrected chi connectivity index (χ2v) is 10.3. The summed E-state index contributed by atoms with van der Waals surface area (Å²) in [7, 11) is 0. The number of nitrogens with one attached hydrogen (secondary N) is 1. The first-order valence-electron chi connectivity index (χ1n) is 13.7. The van der Waals surface area contributed by atoms with Gasteiger partial charge in [-0.15, -0.1) is 0 Å². The van der Waals surface area contributed by atoms with Gasteiger partial charge in [0.25, 0.3) is 0 Å². The lowest BCUT2D eigenvalue weighted by Crippen LogP contribution is -2.56. The Kier molecular flexibility index (Phi) is 7.85. The van der Waals surface area contributed by atoms with E-state index in [1.807, 2.05) is 38.1 Å². The van der Waals surface area contributed by atoms with Gasteiger partial charge < -0.3 is 29.7 Å². The van der Waals surface area contributed by atoms with E-state index in [1.165, 1.54) is 4.90 Å². The molecule has 3 saturated heterocycles. The maximum atomic E-state index is 14.0. The highest BCUT2D eigenvalue weighted by atomic mass is 16.6. The van der Waals surface area contributed by atoms with Crippen LogP contribution in [0.2, 0.25) is 0 Å². The molecular weight excluding hydrogens is 474 g/mol. The van der Waals surface area contributed by atoms with Crippen LogP contribution >= 0.6 is 0 Å². The molecule has 3 aliphatic heterocycles. The van der Waals surface area contributed by atoms with Crippen molar-refractivity contribution in [2.45, 2.75) is 83.6 Å². The molecule has 0 aromatic heterocycles. The number of ether oxygens (including phenoxy) is 2. The minimum atomic E-state index is -1.14. The molecule has 0 aliphatic carbocycles. The van der Waals surface area contributed by atoms with Crippen LogP contribution in [0.1, 0.15) is 60.3 Å². The number of anilines is 2. The second kappa shape index (κ2) is 10.6. The molecule has 4 rings (SSSR count). The number of fused-ring (bicyclic) bond motifs is 1. The number of hydrogen-bond acceptors (Lipinski definition) is 7. The van der Waals surface area contributed by atoms with E-state index in [2.05, 4.69) is 24.1 Å². The fraction of sp³-hybridized carbons (Fsp3) is 0.679. The monoisotopic (exact) mass is 515 g/mol. The maximum absolute atomic E-state index is 14.0. The summed E-state index contributed by atoms with van der Waals surface area (Å²) in [6.07, 6.45) is 2.07. The highest BCUT2D eigenvalue weighted by molar-refractivity contribution is 6.03. The van der Waals surface area contributed by atoms with Gasteiger partial charge in [0.05, 0.1) is 30.8 Å². The van der Waals surface area contributed by atoms with Gasteiger partial charge in [-0.05, 0) is 70.7 Å². The van der Waals surface area contributed by atoms with Gasteiger partial charge in [-0.25, -0.2) is 0 Å². The number of aliphatic hydroxyl groups excluding tert-OH is 1. The quantitative estimate of drug-likeness (QED) is 0.436. The van der Waals surface area contributed by atoms with Crippen molar-refractivity contribution in [3.05, 3.63) is 24.3 Å². The Labute approximate surface area is 219 Å². The minimum Gasteiger partial charge on any atom is -0.466 e. The van der Waals surface area contributed by atoms with Gasteiger partial charge in [-0.3, -0.25) is 14.4 Å². The molecule has 0 saturated carbocycles. The van der Waals surface area contributed by atoms with Gasteiger partial charge in [0.1, 0.15) is 17.6 Å². The molecular formula is C28H41N3O6. The van der Waals surface area contributed by atoms with Crippen LogP contribution in [0.5, 0.6) is 0 Å². The Morgan fingerprint density at radius 1 is 1.16 bits per heavy atom. The standard InChI is InChI=1S/C28H41N3O6/c1-6-19(17-32)31-23(24(33)29-18-11-13-20(14-12-18)30(8-3)9-4)28-16-15-27(7-2,37-28)22(21(28)25(31)34)26(35)36-10-5/h11-14,19,21-23,32H,6-10,15-17H2,1-5H3,(H,29,33)/t19-,21-,22+,23?,27-,28?/m0/s1. The number of aliphatic hydroxyl groups is 1. The van der Waals surface area contributed by atoms with Crippen molar-refractivity contribution < 1.29 is 29.0 Å². The van der Waals surface area contributed by atoms with Crippen LogP contribution in [-0.4, -0.2) is 77.4 Å². The van der Waals surface area contributed by atoms with Crippen molar-refractivity contribution >= 4 is 29.2 Å². The van der Waals surface area contributed by atoms with Crippen molar-refractivity contribution in [3.63, 3.8) is 0 Å². The Morgan fingerprint density at radius 2 is 1.84 bits per heavy atom. The summed E-state index contributed by atoms with van der Waals surface area (Å²) in [6.45, 7) is 11.4. The number of hydrogen-bond donors (Lipinski definition) is 2. The third-order valence-electron chi connectivity index (χ3n) is 8.75. The van der Waals surface area contributed by atoms with Crippen LogP contribution in [0.25, 0.3) is 0 Å². The lowest BCUT2D eigenvalue weighted by Gasteiger charge is -2.37. The Bertz CT molecular complexity index is 1010. The second-order valence-electron chi connectivity index (χ2n) is 10.3. The molecule has 1 aromatic carbocycles. The zero-order valence-corrected chi connectivity index (χ0v) is 22.7.